The van der Waals surface area contributed by atoms with Gasteiger partial charge in [-0.05, 0) is 39.0 Å². The van der Waals surface area contributed by atoms with E-state index in [1.807, 2.05) is 0 Å². The fourth-order valence-corrected chi connectivity index (χ4v) is 2.13. The number of rotatable bonds is 7. The summed E-state index contributed by atoms with van der Waals surface area (Å²) in [5.74, 6) is -0.838. The number of methoxy groups -OCH3 is 2. The summed E-state index contributed by atoms with van der Waals surface area (Å²) in [6.45, 7) is 5.32. The highest BCUT2D eigenvalue weighted by Crippen LogP contribution is 2.13. The van der Waals surface area contributed by atoms with Crippen LogP contribution >= 0.6 is 0 Å². The number of nitrogens with two attached hydrogens (primary N) is 1. The largest absolute Gasteiger partial charge is 0.460 e. The van der Waals surface area contributed by atoms with Crippen LogP contribution in [-0.2, 0) is 19.0 Å². The summed E-state index contributed by atoms with van der Waals surface area (Å²) in [4.78, 5) is 24.5. The molecule has 1 rings (SSSR count). The summed E-state index contributed by atoms with van der Waals surface area (Å²) >= 11 is 0. The lowest BCUT2D eigenvalue weighted by molar-refractivity contribution is -0.162. The molecule has 0 saturated heterocycles. The Kier molecular flexibility index (Phi) is 7.18. The molecule has 24 heavy (non-hydrogen) atoms. The third-order valence-electron chi connectivity index (χ3n) is 3.07. The number of hydrogen-bond donors (Lipinski definition) is 2. The first-order chi connectivity index (χ1) is 11.2. The second-order valence-corrected chi connectivity index (χ2v) is 6.34. The Balaban J connectivity index is 2.86. The zero-order valence-electron chi connectivity index (χ0n) is 14.8. The molecule has 0 saturated carbocycles. The van der Waals surface area contributed by atoms with Gasteiger partial charge in [0.1, 0.15) is 5.60 Å². The molecular formula is C17H26N2O5. The van der Waals surface area contributed by atoms with E-state index in [4.69, 9.17) is 19.9 Å². The molecule has 0 aromatic heterocycles. The number of carbonyl (C=O) groups excluding carboxylic acids is 2. The van der Waals surface area contributed by atoms with Crippen molar-refractivity contribution in [3.8, 4) is 0 Å². The summed E-state index contributed by atoms with van der Waals surface area (Å²) in [7, 11) is 2.87. The molecule has 0 unspecified atom stereocenters. The number of nitrogens with one attached hydrogen (secondary N) is 1. The molecule has 0 heterocycles. The molecule has 0 fully saturated rings. The van der Waals surface area contributed by atoms with Crippen LogP contribution in [0.3, 0.4) is 0 Å². The average molecular weight is 338 g/mol. The van der Waals surface area contributed by atoms with Crippen molar-refractivity contribution in [3.63, 3.8) is 0 Å². The molecule has 1 amide bonds. The first kappa shape index (κ1) is 19.9. The fraction of sp³-hybridized carbons (Fsp3) is 0.529. The summed E-state index contributed by atoms with van der Waals surface area (Å²) < 4.78 is 15.7. The molecule has 0 aliphatic rings. The fourth-order valence-electron chi connectivity index (χ4n) is 2.13. The first-order valence-corrected chi connectivity index (χ1v) is 7.60. The number of carbonyl (C=O) groups is 2. The van der Waals surface area contributed by atoms with Gasteiger partial charge in [-0.25, -0.2) is 0 Å². The van der Waals surface area contributed by atoms with Crippen molar-refractivity contribution in [2.45, 2.75) is 45.1 Å². The van der Waals surface area contributed by atoms with Crippen LogP contribution in [0.5, 0.6) is 0 Å². The minimum Gasteiger partial charge on any atom is -0.460 e. The molecular weight excluding hydrogens is 312 g/mol. The summed E-state index contributed by atoms with van der Waals surface area (Å²) in [6.07, 6.45) is -0.875. The Bertz CT molecular complexity index is 564. The molecule has 7 heteroatoms. The molecule has 0 radical (unpaired) electrons. The molecule has 1 atom stereocenters. The molecule has 134 valence electrons. The molecule has 1 aromatic rings. The van der Waals surface area contributed by atoms with Gasteiger partial charge < -0.3 is 25.3 Å². The van der Waals surface area contributed by atoms with Crippen LogP contribution in [-0.4, -0.2) is 44.0 Å². The van der Waals surface area contributed by atoms with Gasteiger partial charge in [-0.1, -0.05) is 6.07 Å². The zero-order valence-corrected chi connectivity index (χ0v) is 14.8. The molecule has 0 bridgehead atoms. The monoisotopic (exact) mass is 338 g/mol. The predicted molar refractivity (Wildman–Crippen MR) is 90.4 cm³/mol. The van der Waals surface area contributed by atoms with E-state index in [1.165, 1.54) is 14.2 Å². The molecule has 1 aromatic carbocycles. The van der Waals surface area contributed by atoms with Crippen molar-refractivity contribution < 1.29 is 23.8 Å². The van der Waals surface area contributed by atoms with E-state index in [0.717, 1.165) is 0 Å². The van der Waals surface area contributed by atoms with E-state index in [-0.39, 0.29) is 12.3 Å². The molecule has 3 N–H and O–H groups in total. The highest BCUT2D eigenvalue weighted by atomic mass is 16.7. The van der Waals surface area contributed by atoms with Gasteiger partial charge in [0, 0.05) is 25.5 Å². The maximum Gasteiger partial charge on any atom is 0.308 e. The number of benzene rings is 1. The van der Waals surface area contributed by atoms with Crippen molar-refractivity contribution in [2.75, 3.05) is 20.0 Å². The van der Waals surface area contributed by atoms with Crippen LogP contribution < -0.4 is 11.1 Å². The maximum absolute atomic E-state index is 12.4. The minimum atomic E-state index is -0.789. The Labute approximate surface area is 142 Å². The van der Waals surface area contributed by atoms with E-state index in [1.54, 1.807) is 45.0 Å². The molecule has 7 nitrogen and oxygen atoms in total. The Morgan fingerprint density at radius 2 is 1.83 bits per heavy atom. The van der Waals surface area contributed by atoms with Gasteiger partial charge in [-0.3, -0.25) is 9.59 Å². The zero-order chi connectivity index (χ0) is 18.3. The summed E-state index contributed by atoms with van der Waals surface area (Å²) in [6, 6.07) is 5.84. The van der Waals surface area contributed by atoms with Gasteiger partial charge in [0.2, 0.25) is 0 Å². The van der Waals surface area contributed by atoms with E-state index in [0.29, 0.717) is 11.3 Å². The van der Waals surface area contributed by atoms with Crippen LogP contribution in [0.2, 0.25) is 0 Å². The smallest absolute Gasteiger partial charge is 0.308 e. The highest BCUT2D eigenvalue weighted by molar-refractivity contribution is 5.95. The Morgan fingerprint density at radius 1 is 1.21 bits per heavy atom. The van der Waals surface area contributed by atoms with Crippen LogP contribution in [0.15, 0.2) is 24.3 Å². The first-order valence-electron chi connectivity index (χ1n) is 7.60. The van der Waals surface area contributed by atoms with Crippen LogP contribution in [0, 0.1) is 0 Å². The van der Waals surface area contributed by atoms with Crippen molar-refractivity contribution >= 4 is 17.6 Å². The lowest BCUT2D eigenvalue weighted by Gasteiger charge is -2.27. The summed E-state index contributed by atoms with van der Waals surface area (Å²) in [5, 5.41) is 2.73. The van der Waals surface area contributed by atoms with Crippen LogP contribution in [0.1, 0.15) is 37.6 Å². The van der Waals surface area contributed by atoms with E-state index < -0.39 is 23.9 Å². The van der Waals surface area contributed by atoms with Gasteiger partial charge in [0.25, 0.3) is 5.91 Å². The van der Waals surface area contributed by atoms with Crippen molar-refractivity contribution in [3.05, 3.63) is 29.8 Å². The lowest BCUT2D eigenvalue weighted by atomic mass is 10.1. The number of hydrogen-bond acceptors (Lipinski definition) is 6. The third kappa shape index (κ3) is 6.55. The Morgan fingerprint density at radius 3 is 2.33 bits per heavy atom. The molecule has 0 spiro atoms. The van der Waals surface area contributed by atoms with Gasteiger partial charge >= 0.3 is 5.97 Å². The van der Waals surface area contributed by atoms with Gasteiger partial charge in [-0.2, -0.15) is 0 Å². The summed E-state index contributed by atoms with van der Waals surface area (Å²) in [5.41, 5.74) is 5.93. The van der Waals surface area contributed by atoms with Crippen LogP contribution in [0.25, 0.3) is 0 Å². The lowest BCUT2D eigenvalue weighted by Crippen LogP contribution is -2.47. The second-order valence-electron chi connectivity index (χ2n) is 6.34. The van der Waals surface area contributed by atoms with E-state index >= 15 is 0 Å². The topological polar surface area (TPSA) is 99.9 Å². The normalized spacial score (nSPS) is 12.8. The number of ether oxygens (including phenoxy) is 3. The van der Waals surface area contributed by atoms with Crippen molar-refractivity contribution in [2.24, 2.45) is 0 Å². The van der Waals surface area contributed by atoms with E-state index in [9.17, 15) is 9.59 Å². The minimum absolute atomic E-state index is 0.0856. The van der Waals surface area contributed by atoms with Crippen molar-refractivity contribution in [1.82, 2.24) is 5.32 Å². The standard InChI is InChI=1S/C17H26N2O5/c1-17(2,3)24-14(20)10-13(16(22-4)23-5)19-15(21)11-7-6-8-12(18)9-11/h6-9,13,16H,10,18H2,1-5H3,(H,19,21)/t13-/m0/s1. The highest BCUT2D eigenvalue weighted by Gasteiger charge is 2.28. The van der Waals surface area contributed by atoms with Gasteiger partial charge in [0.15, 0.2) is 6.29 Å². The quantitative estimate of drug-likeness (QED) is 0.446. The average Bonchev–Trinajstić information content (AvgIpc) is 2.46. The SMILES string of the molecule is COC(OC)[C@H](CC(=O)OC(C)(C)C)NC(=O)c1cccc(N)c1. The van der Waals surface area contributed by atoms with Gasteiger partial charge in [-0.15, -0.1) is 0 Å². The molecule has 0 aliphatic heterocycles. The number of esters is 1. The number of anilines is 1. The third-order valence-corrected chi connectivity index (χ3v) is 3.07. The van der Waals surface area contributed by atoms with Crippen molar-refractivity contribution in [1.29, 1.82) is 0 Å². The molecule has 0 aliphatic carbocycles. The predicted octanol–water partition coefficient (Wildman–Crippen LogP) is 1.72. The number of nitrogen functional groups attached to an aromatic ring is 1. The van der Waals surface area contributed by atoms with Gasteiger partial charge in [0.05, 0.1) is 12.5 Å². The Hall–Kier alpha value is -2.12. The van der Waals surface area contributed by atoms with E-state index in [2.05, 4.69) is 5.32 Å². The number of amides is 1. The van der Waals surface area contributed by atoms with Crippen LogP contribution in [0.4, 0.5) is 5.69 Å². The second kappa shape index (κ2) is 8.65. The maximum atomic E-state index is 12.4.